The first-order valence-corrected chi connectivity index (χ1v) is 14.7. The second-order valence-electron chi connectivity index (χ2n) is 10.4. The van der Waals surface area contributed by atoms with E-state index >= 15 is 0 Å². The molecule has 0 saturated carbocycles. The lowest BCUT2D eigenvalue weighted by molar-refractivity contribution is -0.116. The summed E-state index contributed by atoms with van der Waals surface area (Å²) in [6.07, 6.45) is 20.7. The SMILES string of the molecule is CCCCCCCCCCCCCCCCCC(=O)Nc1cccc2c(NC)c3ccccc3cc12. The van der Waals surface area contributed by atoms with Gasteiger partial charge in [0.25, 0.3) is 0 Å². The summed E-state index contributed by atoms with van der Waals surface area (Å²) >= 11 is 0. The van der Waals surface area contributed by atoms with Crippen LogP contribution < -0.4 is 10.6 Å². The van der Waals surface area contributed by atoms with E-state index in [0.29, 0.717) is 6.42 Å². The topological polar surface area (TPSA) is 41.1 Å². The van der Waals surface area contributed by atoms with Crippen molar-refractivity contribution >= 4 is 38.8 Å². The summed E-state index contributed by atoms with van der Waals surface area (Å²) in [6.45, 7) is 2.28. The molecule has 1 amide bonds. The van der Waals surface area contributed by atoms with E-state index in [1.165, 1.54) is 94.2 Å². The number of carbonyl (C=O) groups is 1. The molecule has 0 aliphatic heterocycles. The Morgan fingerprint density at radius 3 is 1.81 bits per heavy atom. The third kappa shape index (κ3) is 8.84. The standard InChI is InChI=1S/C33H48N2O/c1-3-4-5-6-7-8-9-10-11-12-13-14-15-16-17-25-32(36)35-31-24-20-23-29-30(31)26-27-21-18-19-22-28(27)33(29)34-2/h18-24,26,34H,3-17,25H2,1-2H3,(H,35,36). The average molecular weight is 489 g/mol. The normalized spacial score (nSPS) is 11.3. The molecule has 3 heteroatoms. The molecule has 0 radical (unpaired) electrons. The molecule has 0 fully saturated rings. The molecular weight excluding hydrogens is 440 g/mol. The fourth-order valence-corrected chi connectivity index (χ4v) is 5.34. The minimum Gasteiger partial charge on any atom is -0.387 e. The van der Waals surface area contributed by atoms with Crippen LogP contribution in [0.3, 0.4) is 0 Å². The first kappa shape index (κ1) is 28.0. The second-order valence-corrected chi connectivity index (χ2v) is 10.4. The predicted octanol–water partition coefficient (Wildman–Crippen LogP) is 10.2. The van der Waals surface area contributed by atoms with Gasteiger partial charge < -0.3 is 10.6 Å². The van der Waals surface area contributed by atoms with Gasteiger partial charge in [0.05, 0.1) is 0 Å². The molecule has 0 aliphatic rings. The number of nitrogens with one attached hydrogen (secondary N) is 2. The van der Waals surface area contributed by atoms with E-state index in [2.05, 4.69) is 54.0 Å². The molecule has 0 heterocycles. The van der Waals surface area contributed by atoms with Crippen molar-refractivity contribution in [1.29, 1.82) is 0 Å². The lowest BCUT2D eigenvalue weighted by Crippen LogP contribution is -2.11. The van der Waals surface area contributed by atoms with Crippen molar-refractivity contribution in [2.45, 2.75) is 110 Å². The average Bonchev–Trinajstić information content (AvgIpc) is 2.90. The van der Waals surface area contributed by atoms with E-state index in [4.69, 9.17) is 0 Å². The predicted molar refractivity (Wildman–Crippen MR) is 159 cm³/mol. The highest BCUT2D eigenvalue weighted by Gasteiger charge is 2.11. The minimum atomic E-state index is 0.122. The van der Waals surface area contributed by atoms with Crippen LogP contribution in [-0.4, -0.2) is 13.0 Å². The summed E-state index contributed by atoms with van der Waals surface area (Å²) in [6, 6.07) is 16.8. The summed E-state index contributed by atoms with van der Waals surface area (Å²) in [5.41, 5.74) is 2.02. The maximum absolute atomic E-state index is 12.7. The first-order chi connectivity index (χ1) is 17.7. The molecule has 0 saturated heterocycles. The summed E-state index contributed by atoms with van der Waals surface area (Å²) in [5.74, 6) is 0.122. The van der Waals surface area contributed by atoms with Crippen molar-refractivity contribution in [3.63, 3.8) is 0 Å². The van der Waals surface area contributed by atoms with Crippen molar-refractivity contribution in [3.05, 3.63) is 48.5 Å². The first-order valence-electron chi connectivity index (χ1n) is 14.7. The molecule has 3 aromatic rings. The van der Waals surface area contributed by atoms with Crippen molar-refractivity contribution in [1.82, 2.24) is 0 Å². The third-order valence-electron chi connectivity index (χ3n) is 7.44. The zero-order valence-corrected chi connectivity index (χ0v) is 22.8. The van der Waals surface area contributed by atoms with Gasteiger partial charge in [0.2, 0.25) is 5.91 Å². The van der Waals surface area contributed by atoms with Gasteiger partial charge >= 0.3 is 0 Å². The largest absolute Gasteiger partial charge is 0.387 e. The van der Waals surface area contributed by atoms with E-state index in [-0.39, 0.29) is 5.91 Å². The molecule has 3 nitrogen and oxygen atoms in total. The summed E-state index contributed by atoms with van der Waals surface area (Å²) in [5, 5.41) is 11.2. The van der Waals surface area contributed by atoms with Crippen LogP contribution in [0, 0.1) is 0 Å². The summed E-state index contributed by atoms with van der Waals surface area (Å²) in [7, 11) is 1.96. The van der Waals surface area contributed by atoms with Gasteiger partial charge in [0.15, 0.2) is 0 Å². The van der Waals surface area contributed by atoms with Crippen LogP contribution in [0.4, 0.5) is 11.4 Å². The van der Waals surface area contributed by atoms with Crippen LogP contribution in [0.5, 0.6) is 0 Å². The van der Waals surface area contributed by atoms with Crippen LogP contribution in [0.1, 0.15) is 110 Å². The Morgan fingerprint density at radius 2 is 1.19 bits per heavy atom. The van der Waals surface area contributed by atoms with Crippen molar-refractivity contribution in [2.24, 2.45) is 0 Å². The number of fused-ring (bicyclic) bond motifs is 2. The van der Waals surface area contributed by atoms with Gasteiger partial charge in [-0.2, -0.15) is 0 Å². The van der Waals surface area contributed by atoms with E-state index < -0.39 is 0 Å². The molecule has 3 aromatic carbocycles. The zero-order valence-electron chi connectivity index (χ0n) is 22.8. The number of unbranched alkanes of at least 4 members (excludes halogenated alkanes) is 14. The fraction of sp³-hybridized carbons (Fsp3) is 0.545. The van der Waals surface area contributed by atoms with Crippen LogP contribution in [0.25, 0.3) is 21.5 Å². The Hall–Kier alpha value is -2.55. The molecule has 0 unspecified atom stereocenters. The summed E-state index contributed by atoms with van der Waals surface area (Å²) < 4.78 is 0. The van der Waals surface area contributed by atoms with Gasteiger partial charge in [-0.3, -0.25) is 4.79 Å². The second kappa shape index (κ2) is 16.2. The van der Waals surface area contributed by atoms with E-state index in [1.807, 2.05) is 19.2 Å². The highest BCUT2D eigenvalue weighted by Crippen LogP contribution is 2.36. The quantitative estimate of drug-likeness (QED) is 0.138. The van der Waals surface area contributed by atoms with Crippen LogP contribution in [-0.2, 0) is 4.79 Å². The van der Waals surface area contributed by atoms with Gasteiger partial charge in [-0.1, -0.05) is 133 Å². The van der Waals surface area contributed by atoms with E-state index in [9.17, 15) is 4.79 Å². The Morgan fingerprint density at radius 1 is 0.639 bits per heavy atom. The number of hydrogen-bond donors (Lipinski definition) is 2. The fourth-order valence-electron chi connectivity index (χ4n) is 5.34. The maximum Gasteiger partial charge on any atom is 0.224 e. The molecule has 0 bridgehead atoms. The molecule has 2 N–H and O–H groups in total. The Bertz CT molecular complexity index is 1060. The summed E-state index contributed by atoms with van der Waals surface area (Å²) in [4.78, 5) is 12.7. The number of benzene rings is 3. The zero-order chi connectivity index (χ0) is 25.4. The van der Waals surface area contributed by atoms with Crippen molar-refractivity contribution in [3.8, 4) is 0 Å². The maximum atomic E-state index is 12.7. The van der Waals surface area contributed by atoms with Crippen LogP contribution in [0.15, 0.2) is 48.5 Å². The smallest absolute Gasteiger partial charge is 0.224 e. The molecule has 36 heavy (non-hydrogen) atoms. The van der Waals surface area contributed by atoms with Gasteiger partial charge in [0, 0.05) is 41.0 Å². The number of rotatable bonds is 18. The van der Waals surface area contributed by atoms with Crippen molar-refractivity contribution < 1.29 is 4.79 Å². The Balaban J connectivity index is 1.31. The number of anilines is 2. The lowest BCUT2D eigenvalue weighted by atomic mass is 9.99. The van der Waals surface area contributed by atoms with E-state index in [0.717, 1.165) is 35.0 Å². The number of hydrogen-bond acceptors (Lipinski definition) is 2. The van der Waals surface area contributed by atoms with Crippen LogP contribution in [0.2, 0.25) is 0 Å². The number of carbonyl (C=O) groups excluding carboxylic acids is 1. The minimum absolute atomic E-state index is 0.122. The monoisotopic (exact) mass is 488 g/mol. The lowest BCUT2D eigenvalue weighted by Gasteiger charge is -2.14. The molecule has 0 aromatic heterocycles. The Kier molecular flexibility index (Phi) is 12.6. The highest BCUT2D eigenvalue weighted by molar-refractivity contribution is 6.15. The van der Waals surface area contributed by atoms with Gasteiger partial charge in [-0.25, -0.2) is 0 Å². The molecular formula is C33H48N2O. The molecule has 0 aliphatic carbocycles. The number of amides is 1. The molecule has 3 rings (SSSR count). The molecule has 0 spiro atoms. The molecule has 0 atom stereocenters. The van der Waals surface area contributed by atoms with Gasteiger partial charge in [-0.15, -0.1) is 0 Å². The van der Waals surface area contributed by atoms with E-state index in [1.54, 1.807) is 0 Å². The Labute approximate surface area is 219 Å². The van der Waals surface area contributed by atoms with Crippen LogP contribution >= 0.6 is 0 Å². The van der Waals surface area contributed by atoms with Gasteiger partial charge in [-0.05, 0) is 23.9 Å². The third-order valence-corrected chi connectivity index (χ3v) is 7.44. The van der Waals surface area contributed by atoms with Crippen molar-refractivity contribution in [2.75, 3.05) is 17.7 Å². The van der Waals surface area contributed by atoms with Gasteiger partial charge in [0.1, 0.15) is 0 Å². The highest BCUT2D eigenvalue weighted by atomic mass is 16.1. The molecule has 196 valence electrons.